The molecule has 0 atom stereocenters. The normalized spacial score (nSPS) is 11.9. The van der Waals surface area contributed by atoms with Gasteiger partial charge in [0, 0.05) is 32.9 Å². The number of hydrogen-bond acceptors (Lipinski definition) is 3. The highest BCUT2D eigenvalue weighted by atomic mass is 35.7. The molecular formula is C10H7Cl2NO2S. The van der Waals surface area contributed by atoms with Crippen LogP contribution in [0.1, 0.15) is 5.56 Å². The summed E-state index contributed by atoms with van der Waals surface area (Å²) in [5.74, 6) is -0.318. The molecule has 1 heterocycles. The average molecular weight is 276 g/mol. The van der Waals surface area contributed by atoms with Gasteiger partial charge in [0.1, 0.15) is 0 Å². The lowest BCUT2D eigenvalue weighted by atomic mass is 10.1. The second-order valence-corrected chi connectivity index (χ2v) is 6.47. The van der Waals surface area contributed by atoms with Crippen LogP contribution >= 0.6 is 22.3 Å². The minimum atomic E-state index is -3.64. The minimum absolute atomic E-state index is 0.318. The van der Waals surface area contributed by atoms with Gasteiger partial charge in [-0.1, -0.05) is 23.7 Å². The van der Waals surface area contributed by atoms with Gasteiger partial charge in [-0.2, -0.15) is 0 Å². The number of rotatable bonds is 2. The van der Waals surface area contributed by atoms with E-state index in [1.807, 2.05) is 6.07 Å². The van der Waals surface area contributed by atoms with Crippen LogP contribution in [-0.2, 0) is 14.8 Å². The van der Waals surface area contributed by atoms with Crippen LogP contribution in [0.4, 0.5) is 0 Å². The molecule has 0 aliphatic heterocycles. The second kappa shape index (κ2) is 4.20. The van der Waals surface area contributed by atoms with Crippen molar-refractivity contribution in [3.05, 3.63) is 41.0 Å². The van der Waals surface area contributed by atoms with Crippen molar-refractivity contribution in [1.29, 1.82) is 0 Å². The molecule has 2 rings (SSSR count). The number of hydrogen-bond donors (Lipinski definition) is 0. The average Bonchev–Trinajstić information content (AvgIpc) is 2.21. The molecule has 84 valence electrons. The van der Waals surface area contributed by atoms with Crippen LogP contribution in [-0.4, -0.2) is 13.4 Å². The summed E-state index contributed by atoms with van der Waals surface area (Å²) >= 11 is 5.95. The first-order valence-electron chi connectivity index (χ1n) is 4.42. The zero-order valence-corrected chi connectivity index (χ0v) is 10.4. The molecule has 1 aromatic carbocycles. The molecule has 0 spiro atoms. The molecule has 2 aromatic rings. The van der Waals surface area contributed by atoms with Crippen molar-refractivity contribution >= 4 is 42.2 Å². The highest BCUT2D eigenvalue weighted by molar-refractivity contribution is 8.13. The molecule has 1 aromatic heterocycles. The molecule has 0 bridgehead atoms. The van der Waals surface area contributed by atoms with Crippen molar-refractivity contribution in [3.63, 3.8) is 0 Å². The summed E-state index contributed by atoms with van der Waals surface area (Å²) in [6.07, 6.45) is 1.59. The summed E-state index contributed by atoms with van der Waals surface area (Å²) in [6, 6.07) is 7.04. The van der Waals surface area contributed by atoms with E-state index in [2.05, 4.69) is 4.98 Å². The van der Waals surface area contributed by atoms with Gasteiger partial charge in [0.05, 0.1) is 11.3 Å². The van der Waals surface area contributed by atoms with Crippen LogP contribution in [0.5, 0.6) is 0 Å². The first-order valence-corrected chi connectivity index (χ1v) is 7.27. The number of nitrogens with zero attached hydrogens (tertiary/aromatic N) is 1. The lowest BCUT2D eigenvalue weighted by molar-refractivity contribution is 0.609. The van der Waals surface area contributed by atoms with Gasteiger partial charge in [-0.3, -0.25) is 4.98 Å². The van der Waals surface area contributed by atoms with E-state index in [0.29, 0.717) is 16.1 Å². The molecule has 0 fully saturated rings. The van der Waals surface area contributed by atoms with E-state index < -0.39 is 9.05 Å². The Hall–Kier alpha value is -0.840. The Balaban J connectivity index is 2.71. The van der Waals surface area contributed by atoms with Gasteiger partial charge in [-0.25, -0.2) is 8.42 Å². The van der Waals surface area contributed by atoms with Gasteiger partial charge in [-0.05, 0) is 12.1 Å². The van der Waals surface area contributed by atoms with Crippen LogP contribution in [0.25, 0.3) is 10.9 Å². The lowest BCUT2D eigenvalue weighted by Crippen LogP contribution is -1.98. The Kier molecular flexibility index (Phi) is 3.06. The van der Waals surface area contributed by atoms with E-state index in [-0.39, 0.29) is 5.75 Å². The Bertz CT molecular complexity index is 640. The first-order chi connectivity index (χ1) is 7.47. The first kappa shape index (κ1) is 11.6. The maximum Gasteiger partial charge on any atom is 0.236 e. The van der Waals surface area contributed by atoms with E-state index in [1.54, 1.807) is 24.4 Å². The van der Waals surface area contributed by atoms with E-state index >= 15 is 0 Å². The zero-order valence-electron chi connectivity index (χ0n) is 8.02. The van der Waals surface area contributed by atoms with Crippen LogP contribution < -0.4 is 0 Å². The van der Waals surface area contributed by atoms with Crippen molar-refractivity contribution in [2.75, 3.05) is 0 Å². The monoisotopic (exact) mass is 275 g/mol. The summed E-state index contributed by atoms with van der Waals surface area (Å²) in [5.41, 5.74) is 1.01. The van der Waals surface area contributed by atoms with Gasteiger partial charge in [-0.15, -0.1) is 0 Å². The Morgan fingerprint density at radius 1 is 1.25 bits per heavy atom. The quantitative estimate of drug-likeness (QED) is 0.792. The number of aromatic nitrogens is 1. The van der Waals surface area contributed by atoms with Crippen LogP contribution in [0.3, 0.4) is 0 Å². The molecule has 0 saturated heterocycles. The maximum atomic E-state index is 11.1. The van der Waals surface area contributed by atoms with Gasteiger partial charge in [0.15, 0.2) is 0 Å². The topological polar surface area (TPSA) is 47.0 Å². The fraction of sp³-hybridized carbons (Fsp3) is 0.100. The summed E-state index contributed by atoms with van der Waals surface area (Å²) in [5, 5.41) is 1.19. The predicted molar refractivity (Wildman–Crippen MR) is 65.2 cm³/mol. The smallest absolute Gasteiger partial charge is 0.236 e. The van der Waals surface area contributed by atoms with Crippen molar-refractivity contribution in [1.82, 2.24) is 4.98 Å². The molecular weight excluding hydrogens is 269 g/mol. The zero-order chi connectivity index (χ0) is 11.8. The third-order valence-corrected chi connectivity index (χ3v) is 3.45. The maximum absolute atomic E-state index is 11.1. The van der Waals surface area contributed by atoms with E-state index in [0.717, 1.165) is 5.39 Å². The molecule has 0 amide bonds. The summed E-state index contributed by atoms with van der Waals surface area (Å²) < 4.78 is 22.2. The second-order valence-electron chi connectivity index (χ2n) is 3.28. The largest absolute Gasteiger partial charge is 0.256 e. The van der Waals surface area contributed by atoms with E-state index in [4.69, 9.17) is 22.3 Å². The molecule has 0 saturated carbocycles. The fourth-order valence-corrected chi connectivity index (χ4v) is 2.75. The van der Waals surface area contributed by atoms with Crippen molar-refractivity contribution in [2.45, 2.75) is 5.75 Å². The molecule has 0 aliphatic rings. The molecule has 16 heavy (non-hydrogen) atoms. The summed E-state index contributed by atoms with van der Waals surface area (Å²) in [4.78, 5) is 4.12. The van der Waals surface area contributed by atoms with Crippen LogP contribution in [0.2, 0.25) is 5.02 Å². The molecule has 3 nitrogen and oxygen atoms in total. The van der Waals surface area contributed by atoms with Gasteiger partial charge in [0.25, 0.3) is 0 Å². The lowest BCUT2D eigenvalue weighted by Gasteiger charge is -2.05. The summed E-state index contributed by atoms with van der Waals surface area (Å²) in [6.45, 7) is 0. The highest BCUT2D eigenvalue weighted by Crippen LogP contribution is 2.27. The Morgan fingerprint density at radius 2 is 2.00 bits per heavy atom. The molecule has 6 heteroatoms. The van der Waals surface area contributed by atoms with E-state index in [9.17, 15) is 8.42 Å². The van der Waals surface area contributed by atoms with Crippen LogP contribution in [0, 0.1) is 0 Å². The number of fused-ring (bicyclic) bond motifs is 1. The fourth-order valence-electron chi connectivity index (χ4n) is 1.49. The van der Waals surface area contributed by atoms with Gasteiger partial charge in [0.2, 0.25) is 9.05 Å². The molecule has 0 unspecified atom stereocenters. The predicted octanol–water partition coefficient (Wildman–Crippen LogP) is 2.96. The van der Waals surface area contributed by atoms with Crippen molar-refractivity contribution in [2.24, 2.45) is 0 Å². The van der Waals surface area contributed by atoms with Crippen molar-refractivity contribution < 1.29 is 8.42 Å². The molecule has 0 radical (unpaired) electrons. The Morgan fingerprint density at radius 3 is 2.69 bits per heavy atom. The molecule has 0 N–H and O–H groups in total. The van der Waals surface area contributed by atoms with E-state index in [1.165, 1.54) is 0 Å². The van der Waals surface area contributed by atoms with Gasteiger partial charge >= 0.3 is 0 Å². The highest BCUT2D eigenvalue weighted by Gasteiger charge is 2.14. The minimum Gasteiger partial charge on any atom is -0.256 e. The van der Waals surface area contributed by atoms with Crippen LogP contribution in [0.15, 0.2) is 30.5 Å². The molecule has 0 aliphatic carbocycles. The third-order valence-electron chi connectivity index (χ3n) is 2.14. The standard InChI is InChI=1S/C10H7Cl2NO2S/c11-9-4-3-7-2-1-5-13-10(7)8(9)6-16(12,14)15/h1-5H,6H2. The third kappa shape index (κ3) is 2.45. The number of benzene rings is 1. The van der Waals surface area contributed by atoms with Gasteiger partial charge < -0.3 is 0 Å². The van der Waals surface area contributed by atoms with Crippen molar-refractivity contribution in [3.8, 4) is 0 Å². The summed E-state index contributed by atoms with van der Waals surface area (Å²) in [7, 11) is 1.58. The SMILES string of the molecule is O=S(=O)(Cl)Cc1c(Cl)ccc2cccnc12. The Labute approximate surface area is 102 Å². The number of pyridine rings is 1. The number of halogens is 2.